The summed E-state index contributed by atoms with van der Waals surface area (Å²) in [5.41, 5.74) is 0.539. The van der Waals surface area contributed by atoms with Gasteiger partial charge in [0.2, 0.25) is 0 Å². The van der Waals surface area contributed by atoms with Crippen molar-refractivity contribution in [3.05, 3.63) is 0 Å². The molecule has 2 fully saturated rings. The molecule has 0 N–H and O–H groups in total. The van der Waals surface area contributed by atoms with E-state index in [1.807, 2.05) is 0 Å². The van der Waals surface area contributed by atoms with Crippen molar-refractivity contribution in [3.8, 4) is 0 Å². The smallest absolute Gasteiger partial charge is 0.325 e. The first-order valence-corrected chi connectivity index (χ1v) is 8.65. The summed E-state index contributed by atoms with van der Waals surface area (Å²) in [6.07, 6.45) is 0.481. The highest BCUT2D eigenvalue weighted by molar-refractivity contribution is 6.46. The van der Waals surface area contributed by atoms with Gasteiger partial charge in [-0.2, -0.15) is 0 Å². The van der Waals surface area contributed by atoms with Crippen LogP contribution in [0.3, 0.4) is 0 Å². The fraction of sp³-hybridized carbons (Fsp3) is 1.00. The first-order valence-electron chi connectivity index (χ1n) is 7.04. The Balaban J connectivity index is 2.01. The van der Waals surface area contributed by atoms with Gasteiger partial charge < -0.3 is 18.3 Å². The standard InChI is InChI=1S/C13H26O4Si/c1-9(2)16-18(17-10(3)4)13(11-5-14-6-11)12-7-15-8-12/h9-13,18H,5-8H2,1-4H3. The van der Waals surface area contributed by atoms with Crippen molar-refractivity contribution in [3.63, 3.8) is 0 Å². The normalized spacial score (nSPS) is 22.0. The van der Waals surface area contributed by atoms with Crippen LogP contribution in [0.15, 0.2) is 0 Å². The van der Waals surface area contributed by atoms with Gasteiger partial charge in [0.1, 0.15) is 0 Å². The summed E-state index contributed by atoms with van der Waals surface area (Å²) in [6, 6.07) is 0. The predicted octanol–water partition coefficient (Wildman–Crippen LogP) is 1.72. The summed E-state index contributed by atoms with van der Waals surface area (Å²) in [7, 11) is -1.67. The molecule has 18 heavy (non-hydrogen) atoms. The summed E-state index contributed by atoms with van der Waals surface area (Å²) >= 11 is 0. The Morgan fingerprint density at radius 2 is 1.22 bits per heavy atom. The third kappa shape index (κ3) is 3.54. The van der Waals surface area contributed by atoms with Crippen LogP contribution in [0.25, 0.3) is 0 Å². The van der Waals surface area contributed by atoms with Crippen molar-refractivity contribution < 1.29 is 18.3 Å². The maximum Gasteiger partial charge on any atom is 0.325 e. The van der Waals surface area contributed by atoms with Gasteiger partial charge in [-0.3, -0.25) is 0 Å². The summed E-state index contributed by atoms with van der Waals surface area (Å²) in [4.78, 5) is 0. The molecule has 0 radical (unpaired) electrons. The molecule has 106 valence electrons. The van der Waals surface area contributed by atoms with Crippen LogP contribution in [0.4, 0.5) is 0 Å². The van der Waals surface area contributed by atoms with Crippen LogP contribution in [0.2, 0.25) is 5.54 Å². The van der Waals surface area contributed by atoms with Crippen LogP contribution < -0.4 is 0 Å². The average Bonchev–Trinajstić information content (AvgIpc) is 2.08. The summed E-state index contributed by atoms with van der Waals surface area (Å²) < 4.78 is 23.0. The molecule has 0 atom stereocenters. The Bertz CT molecular complexity index is 227. The molecule has 2 heterocycles. The molecule has 2 saturated heterocycles. The van der Waals surface area contributed by atoms with Crippen molar-refractivity contribution >= 4 is 9.28 Å². The zero-order valence-electron chi connectivity index (χ0n) is 11.9. The minimum Gasteiger partial charge on any atom is -0.394 e. The molecule has 0 aliphatic carbocycles. The first-order chi connectivity index (χ1) is 8.58. The molecule has 2 aliphatic heterocycles. The molecule has 0 bridgehead atoms. The van der Waals surface area contributed by atoms with Gasteiger partial charge in [-0.25, -0.2) is 0 Å². The largest absolute Gasteiger partial charge is 0.394 e. The van der Waals surface area contributed by atoms with Gasteiger partial charge in [0.15, 0.2) is 0 Å². The zero-order chi connectivity index (χ0) is 13.1. The van der Waals surface area contributed by atoms with E-state index < -0.39 is 9.28 Å². The Morgan fingerprint density at radius 1 is 0.833 bits per heavy atom. The number of rotatable bonds is 7. The molecule has 4 nitrogen and oxygen atoms in total. The Hall–Kier alpha value is 0.0569. The average molecular weight is 274 g/mol. The van der Waals surface area contributed by atoms with Gasteiger partial charge in [0, 0.05) is 29.6 Å². The van der Waals surface area contributed by atoms with Crippen LogP contribution >= 0.6 is 0 Å². The van der Waals surface area contributed by atoms with Crippen LogP contribution in [-0.4, -0.2) is 47.9 Å². The third-order valence-corrected chi connectivity index (χ3v) is 6.89. The fourth-order valence-corrected chi connectivity index (χ4v) is 5.37. The van der Waals surface area contributed by atoms with Gasteiger partial charge in [-0.1, -0.05) is 0 Å². The minimum atomic E-state index is -1.67. The van der Waals surface area contributed by atoms with E-state index in [2.05, 4.69) is 27.7 Å². The highest BCUT2D eigenvalue weighted by Gasteiger charge is 2.45. The zero-order valence-corrected chi connectivity index (χ0v) is 13.1. The minimum absolute atomic E-state index is 0.241. The molecule has 0 saturated carbocycles. The van der Waals surface area contributed by atoms with Crippen molar-refractivity contribution in [2.75, 3.05) is 26.4 Å². The molecule has 0 unspecified atom stereocenters. The lowest BCUT2D eigenvalue weighted by Gasteiger charge is -2.44. The van der Waals surface area contributed by atoms with E-state index in [9.17, 15) is 0 Å². The lowest BCUT2D eigenvalue weighted by molar-refractivity contribution is -0.0983. The van der Waals surface area contributed by atoms with Gasteiger partial charge in [0.25, 0.3) is 0 Å². The van der Waals surface area contributed by atoms with E-state index in [1.54, 1.807) is 0 Å². The summed E-state index contributed by atoms with van der Waals surface area (Å²) in [6.45, 7) is 11.8. The lowest BCUT2D eigenvalue weighted by Crippen LogP contribution is -2.50. The Labute approximate surface area is 112 Å². The van der Waals surface area contributed by atoms with Gasteiger partial charge >= 0.3 is 9.28 Å². The predicted molar refractivity (Wildman–Crippen MR) is 72.0 cm³/mol. The second-order valence-corrected chi connectivity index (χ2v) is 7.96. The molecule has 5 heteroatoms. The van der Waals surface area contributed by atoms with Crippen molar-refractivity contribution in [2.24, 2.45) is 11.8 Å². The highest BCUT2D eigenvalue weighted by atomic mass is 28.3. The number of hydrogen-bond donors (Lipinski definition) is 0. The molecule has 2 aliphatic rings. The second-order valence-electron chi connectivity index (χ2n) is 5.91. The SMILES string of the molecule is CC(C)O[SiH](OC(C)C)C(C1COC1)C1COC1. The van der Waals surface area contributed by atoms with Crippen LogP contribution in [0.5, 0.6) is 0 Å². The highest BCUT2D eigenvalue weighted by Crippen LogP contribution is 2.40. The number of hydrogen-bond acceptors (Lipinski definition) is 4. The van der Waals surface area contributed by atoms with Crippen LogP contribution in [-0.2, 0) is 18.3 Å². The van der Waals surface area contributed by atoms with Crippen molar-refractivity contribution in [1.82, 2.24) is 0 Å². The van der Waals surface area contributed by atoms with E-state index in [0.717, 1.165) is 26.4 Å². The fourth-order valence-electron chi connectivity index (χ4n) is 2.53. The summed E-state index contributed by atoms with van der Waals surface area (Å²) in [5.74, 6) is 1.24. The molecule has 0 aromatic rings. The molecule has 2 rings (SSSR count). The lowest BCUT2D eigenvalue weighted by atomic mass is 9.91. The topological polar surface area (TPSA) is 36.9 Å². The molecule has 0 aromatic heterocycles. The van der Waals surface area contributed by atoms with E-state index in [0.29, 0.717) is 17.4 Å². The first kappa shape index (κ1) is 14.5. The molecular weight excluding hydrogens is 248 g/mol. The van der Waals surface area contributed by atoms with Crippen molar-refractivity contribution in [1.29, 1.82) is 0 Å². The van der Waals surface area contributed by atoms with Crippen LogP contribution in [0, 0.1) is 11.8 Å². The Kier molecular flexibility index (Phi) is 5.21. The van der Waals surface area contributed by atoms with E-state index >= 15 is 0 Å². The van der Waals surface area contributed by atoms with Gasteiger partial charge in [-0.15, -0.1) is 0 Å². The molecule has 0 spiro atoms. The van der Waals surface area contributed by atoms with Crippen molar-refractivity contribution in [2.45, 2.75) is 45.4 Å². The van der Waals surface area contributed by atoms with Gasteiger partial charge in [0.05, 0.1) is 26.4 Å². The maximum atomic E-state index is 6.14. The molecule has 0 aromatic carbocycles. The molecular formula is C13H26O4Si. The van der Waals surface area contributed by atoms with E-state index in [-0.39, 0.29) is 12.2 Å². The Morgan fingerprint density at radius 3 is 1.44 bits per heavy atom. The molecule has 0 amide bonds. The second kappa shape index (κ2) is 6.48. The van der Waals surface area contributed by atoms with E-state index in [1.165, 1.54) is 0 Å². The summed E-state index contributed by atoms with van der Waals surface area (Å²) in [5, 5.41) is 0. The monoisotopic (exact) mass is 274 g/mol. The van der Waals surface area contributed by atoms with Gasteiger partial charge in [-0.05, 0) is 27.7 Å². The quantitative estimate of drug-likeness (QED) is 0.662. The maximum absolute atomic E-state index is 6.14. The third-order valence-electron chi connectivity index (χ3n) is 3.54. The van der Waals surface area contributed by atoms with Crippen LogP contribution in [0.1, 0.15) is 27.7 Å². The van der Waals surface area contributed by atoms with E-state index in [4.69, 9.17) is 18.3 Å². The number of ether oxygens (including phenoxy) is 2.